The molecule has 0 aliphatic heterocycles. The van der Waals surface area contributed by atoms with Crippen LogP contribution in [-0.4, -0.2) is 5.91 Å². The van der Waals surface area contributed by atoms with Crippen molar-refractivity contribution in [2.75, 3.05) is 5.32 Å². The van der Waals surface area contributed by atoms with Gasteiger partial charge in [-0.3, -0.25) is 4.79 Å². The molecule has 1 rings (SSSR count). The third-order valence-corrected chi connectivity index (χ3v) is 2.55. The van der Waals surface area contributed by atoms with Gasteiger partial charge in [0.25, 0.3) is 0 Å². The maximum atomic E-state index is 12.6. The van der Waals surface area contributed by atoms with Crippen molar-refractivity contribution < 1.29 is 18.0 Å². The number of halogens is 3. The Bertz CT molecular complexity index is 401. The molecule has 0 bridgehead atoms. The molecule has 0 saturated carbocycles. The minimum atomic E-state index is -4.46. The van der Waals surface area contributed by atoms with E-state index in [2.05, 4.69) is 5.32 Å². The fourth-order valence-corrected chi connectivity index (χ4v) is 1.28. The molecule has 1 N–H and O–H groups in total. The number of anilines is 1. The van der Waals surface area contributed by atoms with Crippen molar-refractivity contribution in [1.29, 1.82) is 0 Å². The van der Waals surface area contributed by atoms with Crippen LogP contribution in [0.4, 0.5) is 18.9 Å². The van der Waals surface area contributed by atoms with Crippen LogP contribution in [0.1, 0.15) is 25.8 Å². The first kappa shape index (κ1) is 13.5. The van der Waals surface area contributed by atoms with Gasteiger partial charge in [0.05, 0.1) is 11.3 Å². The lowest BCUT2D eigenvalue weighted by molar-refractivity contribution is -0.137. The molecule has 0 spiro atoms. The van der Waals surface area contributed by atoms with E-state index in [1.54, 1.807) is 13.8 Å². The molecule has 94 valence electrons. The summed E-state index contributed by atoms with van der Waals surface area (Å²) in [6.07, 6.45) is -3.88. The quantitative estimate of drug-likeness (QED) is 0.864. The average Bonchev–Trinajstić information content (AvgIpc) is 2.27. The monoisotopic (exact) mass is 245 g/mol. The van der Waals surface area contributed by atoms with E-state index in [1.165, 1.54) is 18.2 Å². The lowest BCUT2D eigenvalue weighted by Gasteiger charge is -2.15. The van der Waals surface area contributed by atoms with Crippen LogP contribution in [0.5, 0.6) is 0 Å². The Kier molecular flexibility index (Phi) is 4.15. The number of carbonyl (C=O) groups excluding carboxylic acids is 1. The number of nitrogens with one attached hydrogen (secondary N) is 1. The maximum absolute atomic E-state index is 12.6. The van der Waals surface area contributed by atoms with E-state index in [9.17, 15) is 18.0 Å². The highest BCUT2D eigenvalue weighted by molar-refractivity contribution is 5.93. The maximum Gasteiger partial charge on any atom is 0.418 e. The molecule has 17 heavy (non-hydrogen) atoms. The van der Waals surface area contributed by atoms with Gasteiger partial charge < -0.3 is 5.32 Å². The van der Waals surface area contributed by atoms with Crippen LogP contribution in [0.15, 0.2) is 24.3 Å². The Morgan fingerprint density at radius 2 is 1.94 bits per heavy atom. The SMILES string of the molecule is CC[C@H](C)C(=O)Nc1ccccc1C(F)(F)F. The minimum absolute atomic E-state index is 0.190. The second-order valence-corrected chi connectivity index (χ2v) is 3.84. The Morgan fingerprint density at radius 1 is 1.35 bits per heavy atom. The molecule has 1 amide bonds. The summed E-state index contributed by atoms with van der Waals surface area (Å²) in [7, 11) is 0. The average molecular weight is 245 g/mol. The summed E-state index contributed by atoms with van der Waals surface area (Å²) in [5, 5.41) is 2.31. The summed E-state index contributed by atoms with van der Waals surface area (Å²) in [6.45, 7) is 3.48. The lowest BCUT2D eigenvalue weighted by Crippen LogP contribution is -2.22. The van der Waals surface area contributed by atoms with Gasteiger partial charge in [-0.25, -0.2) is 0 Å². The summed E-state index contributed by atoms with van der Waals surface area (Å²) < 4.78 is 37.9. The van der Waals surface area contributed by atoms with Crippen molar-refractivity contribution in [3.63, 3.8) is 0 Å². The van der Waals surface area contributed by atoms with Gasteiger partial charge in [0.1, 0.15) is 0 Å². The van der Waals surface area contributed by atoms with E-state index in [0.717, 1.165) is 6.07 Å². The highest BCUT2D eigenvalue weighted by Gasteiger charge is 2.33. The highest BCUT2D eigenvalue weighted by atomic mass is 19.4. The largest absolute Gasteiger partial charge is 0.418 e. The first-order valence-corrected chi connectivity index (χ1v) is 5.33. The molecule has 0 aliphatic carbocycles. The van der Waals surface area contributed by atoms with Gasteiger partial charge in [-0.05, 0) is 18.6 Å². The van der Waals surface area contributed by atoms with Gasteiger partial charge in [0, 0.05) is 5.92 Å². The molecule has 1 aromatic rings. The lowest BCUT2D eigenvalue weighted by atomic mass is 10.1. The van der Waals surface area contributed by atoms with Crippen molar-refractivity contribution >= 4 is 11.6 Å². The van der Waals surface area contributed by atoms with Gasteiger partial charge in [-0.15, -0.1) is 0 Å². The standard InChI is InChI=1S/C12H14F3NO/c1-3-8(2)11(17)16-10-7-5-4-6-9(10)12(13,14)15/h4-8H,3H2,1-2H3,(H,16,17)/t8-/m0/s1. The molecular weight excluding hydrogens is 231 g/mol. The van der Waals surface area contributed by atoms with Crippen LogP contribution < -0.4 is 5.32 Å². The molecule has 5 heteroatoms. The van der Waals surface area contributed by atoms with Crippen LogP contribution in [0.25, 0.3) is 0 Å². The van der Waals surface area contributed by atoms with Crippen LogP contribution in [0.2, 0.25) is 0 Å². The van der Waals surface area contributed by atoms with Gasteiger partial charge in [-0.1, -0.05) is 26.0 Å². The smallest absolute Gasteiger partial charge is 0.325 e. The van der Waals surface area contributed by atoms with E-state index in [4.69, 9.17) is 0 Å². The Hall–Kier alpha value is -1.52. The molecule has 0 aromatic heterocycles. The fourth-order valence-electron chi connectivity index (χ4n) is 1.28. The van der Waals surface area contributed by atoms with Crippen LogP contribution in [-0.2, 0) is 11.0 Å². The van der Waals surface area contributed by atoms with Crippen LogP contribution in [0.3, 0.4) is 0 Å². The molecule has 0 radical (unpaired) electrons. The van der Waals surface area contributed by atoms with Crippen molar-refractivity contribution in [2.45, 2.75) is 26.4 Å². The number of para-hydroxylation sites is 1. The fraction of sp³-hybridized carbons (Fsp3) is 0.417. The number of alkyl halides is 3. The van der Waals surface area contributed by atoms with Gasteiger partial charge in [0.2, 0.25) is 5.91 Å². The summed E-state index contributed by atoms with van der Waals surface area (Å²) in [6, 6.07) is 4.96. The van der Waals surface area contributed by atoms with Crippen LogP contribution >= 0.6 is 0 Å². The molecule has 0 fully saturated rings. The Morgan fingerprint density at radius 3 is 2.47 bits per heavy atom. The predicted molar refractivity (Wildman–Crippen MR) is 59.5 cm³/mol. The van der Waals surface area contributed by atoms with Gasteiger partial charge in [0.15, 0.2) is 0 Å². The summed E-state index contributed by atoms with van der Waals surface area (Å²) >= 11 is 0. The van der Waals surface area contributed by atoms with Crippen molar-refractivity contribution in [3.8, 4) is 0 Å². The van der Waals surface area contributed by atoms with E-state index in [1.807, 2.05) is 0 Å². The molecule has 0 heterocycles. The zero-order valence-electron chi connectivity index (χ0n) is 9.64. The number of benzene rings is 1. The zero-order valence-corrected chi connectivity index (χ0v) is 9.64. The zero-order chi connectivity index (χ0) is 13.1. The first-order valence-electron chi connectivity index (χ1n) is 5.33. The van der Waals surface area contributed by atoms with Gasteiger partial charge >= 0.3 is 6.18 Å². The van der Waals surface area contributed by atoms with E-state index < -0.39 is 17.6 Å². The Balaban J connectivity index is 2.96. The highest BCUT2D eigenvalue weighted by Crippen LogP contribution is 2.34. The molecule has 0 saturated heterocycles. The third-order valence-electron chi connectivity index (χ3n) is 2.55. The summed E-state index contributed by atoms with van der Waals surface area (Å²) in [5.74, 6) is -0.708. The molecule has 0 aliphatic rings. The van der Waals surface area contributed by atoms with Crippen LogP contribution in [0, 0.1) is 5.92 Å². The van der Waals surface area contributed by atoms with Gasteiger partial charge in [-0.2, -0.15) is 13.2 Å². The molecule has 1 aromatic carbocycles. The molecular formula is C12H14F3NO. The van der Waals surface area contributed by atoms with E-state index in [-0.39, 0.29) is 11.6 Å². The minimum Gasteiger partial charge on any atom is -0.325 e. The first-order chi connectivity index (χ1) is 7.86. The molecule has 2 nitrogen and oxygen atoms in total. The van der Waals surface area contributed by atoms with Crippen molar-refractivity contribution in [1.82, 2.24) is 0 Å². The van der Waals surface area contributed by atoms with E-state index in [0.29, 0.717) is 6.42 Å². The number of carbonyl (C=O) groups is 1. The summed E-state index contributed by atoms with van der Waals surface area (Å²) in [4.78, 5) is 11.5. The second kappa shape index (κ2) is 5.21. The topological polar surface area (TPSA) is 29.1 Å². The predicted octanol–water partition coefficient (Wildman–Crippen LogP) is 3.69. The number of hydrogen-bond donors (Lipinski definition) is 1. The normalized spacial score (nSPS) is 13.2. The second-order valence-electron chi connectivity index (χ2n) is 3.84. The number of amides is 1. The number of hydrogen-bond acceptors (Lipinski definition) is 1. The van der Waals surface area contributed by atoms with Crippen molar-refractivity contribution in [2.24, 2.45) is 5.92 Å². The summed E-state index contributed by atoms with van der Waals surface area (Å²) in [5.41, 5.74) is -1.01. The molecule has 0 unspecified atom stereocenters. The van der Waals surface area contributed by atoms with Crippen molar-refractivity contribution in [3.05, 3.63) is 29.8 Å². The third kappa shape index (κ3) is 3.47. The molecule has 1 atom stereocenters. The Labute approximate surface area is 97.8 Å². The van der Waals surface area contributed by atoms with E-state index >= 15 is 0 Å². The number of rotatable bonds is 3.